The topological polar surface area (TPSA) is 37.8 Å². The Hall–Kier alpha value is -1.42. The van der Waals surface area contributed by atoms with Crippen LogP contribution in [0, 0.1) is 6.92 Å². The van der Waals surface area contributed by atoms with E-state index in [9.17, 15) is 0 Å². The summed E-state index contributed by atoms with van der Waals surface area (Å²) in [7, 11) is 0. The summed E-state index contributed by atoms with van der Waals surface area (Å²) >= 11 is 1.65. The molecule has 4 heteroatoms. The second kappa shape index (κ2) is 4.22. The zero-order valence-corrected chi connectivity index (χ0v) is 10.5. The van der Waals surface area contributed by atoms with E-state index in [1.54, 1.807) is 11.3 Å². The van der Waals surface area contributed by atoms with Gasteiger partial charge in [-0.25, -0.2) is 9.97 Å². The molecule has 1 N–H and O–H groups in total. The molecule has 0 saturated carbocycles. The molecule has 0 radical (unpaired) electrons. The molecule has 2 heterocycles. The van der Waals surface area contributed by atoms with Crippen molar-refractivity contribution in [3.63, 3.8) is 0 Å². The van der Waals surface area contributed by atoms with Gasteiger partial charge in [0, 0.05) is 17.8 Å². The van der Waals surface area contributed by atoms with Crippen molar-refractivity contribution in [2.45, 2.75) is 26.3 Å². The van der Waals surface area contributed by atoms with Gasteiger partial charge >= 0.3 is 0 Å². The first-order valence-corrected chi connectivity index (χ1v) is 6.07. The number of nitrogens with one attached hydrogen (secondary N) is 1. The lowest BCUT2D eigenvalue weighted by Gasteiger charge is -2.24. The first-order valence-electron chi connectivity index (χ1n) is 5.19. The fraction of sp³-hybridized carbons (Fsp3) is 0.333. The third-order valence-corrected chi connectivity index (χ3v) is 3.42. The van der Waals surface area contributed by atoms with E-state index in [1.165, 1.54) is 0 Å². The molecule has 2 aromatic rings. The molecule has 2 rings (SSSR count). The van der Waals surface area contributed by atoms with Crippen LogP contribution in [-0.2, 0) is 5.54 Å². The van der Waals surface area contributed by atoms with E-state index in [4.69, 9.17) is 0 Å². The molecule has 0 bridgehead atoms. The van der Waals surface area contributed by atoms with Crippen LogP contribution in [0.3, 0.4) is 0 Å². The maximum Gasteiger partial charge on any atom is 0.126 e. The molecule has 2 aromatic heterocycles. The fourth-order valence-corrected chi connectivity index (χ4v) is 2.17. The van der Waals surface area contributed by atoms with Crippen LogP contribution in [0.15, 0.2) is 29.9 Å². The Morgan fingerprint density at radius 2 is 2.06 bits per heavy atom. The van der Waals surface area contributed by atoms with Crippen LogP contribution in [0.1, 0.15) is 24.4 Å². The number of pyridine rings is 1. The summed E-state index contributed by atoms with van der Waals surface area (Å²) < 4.78 is 0. The molecule has 0 saturated heterocycles. The zero-order chi connectivity index (χ0) is 11.6. The van der Waals surface area contributed by atoms with Crippen molar-refractivity contribution in [1.29, 1.82) is 0 Å². The molecule has 0 spiro atoms. The van der Waals surface area contributed by atoms with E-state index in [0.717, 1.165) is 16.4 Å². The van der Waals surface area contributed by atoms with Gasteiger partial charge in [-0.05, 0) is 32.4 Å². The van der Waals surface area contributed by atoms with Gasteiger partial charge in [0.15, 0.2) is 0 Å². The predicted molar refractivity (Wildman–Crippen MR) is 67.7 cm³/mol. The second-order valence-electron chi connectivity index (χ2n) is 4.31. The van der Waals surface area contributed by atoms with Crippen molar-refractivity contribution in [2.75, 3.05) is 5.32 Å². The van der Waals surface area contributed by atoms with Gasteiger partial charge in [-0.1, -0.05) is 6.07 Å². The Kier molecular flexibility index (Phi) is 2.92. The zero-order valence-electron chi connectivity index (χ0n) is 9.69. The van der Waals surface area contributed by atoms with Crippen LogP contribution in [0.4, 0.5) is 5.82 Å². The van der Waals surface area contributed by atoms with E-state index in [2.05, 4.69) is 29.1 Å². The summed E-state index contributed by atoms with van der Waals surface area (Å²) in [5, 5.41) is 6.44. The fourth-order valence-electron chi connectivity index (χ4n) is 1.45. The Morgan fingerprint density at radius 3 is 2.62 bits per heavy atom. The van der Waals surface area contributed by atoms with Crippen LogP contribution >= 0.6 is 11.3 Å². The maximum atomic E-state index is 4.34. The first kappa shape index (κ1) is 11.1. The number of anilines is 1. The Balaban J connectivity index is 2.18. The highest BCUT2D eigenvalue weighted by Gasteiger charge is 2.23. The number of aryl methyl sites for hydroxylation is 1. The van der Waals surface area contributed by atoms with Gasteiger partial charge in [-0.15, -0.1) is 11.3 Å². The van der Waals surface area contributed by atoms with Gasteiger partial charge in [0.05, 0.1) is 5.54 Å². The summed E-state index contributed by atoms with van der Waals surface area (Å²) in [4.78, 5) is 8.67. The van der Waals surface area contributed by atoms with Crippen molar-refractivity contribution in [2.24, 2.45) is 0 Å². The average molecular weight is 233 g/mol. The predicted octanol–water partition coefficient (Wildman–Crippen LogP) is 3.19. The third kappa shape index (κ3) is 2.39. The van der Waals surface area contributed by atoms with Gasteiger partial charge in [0.25, 0.3) is 0 Å². The minimum atomic E-state index is -0.184. The lowest BCUT2D eigenvalue weighted by atomic mass is 10.1. The quantitative estimate of drug-likeness (QED) is 0.884. The van der Waals surface area contributed by atoms with Gasteiger partial charge in [-0.3, -0.25) is 0 Å². The molecule has 0 aromatic carbocycles. The van der Waals surface area contributed by atoms with Crippen LogP contribution in [-0.4, -0.2) is 9.97 Å². The molecule has 0 fully saturated rings. The maximum absolute atomic E-state index is 4.34. The van der Waals surface area contributed by atoms with Crippen molar-refractivity contribution in [1.82, 2.24) is 9.97 Å². The highest BCUT2D eigenvalue weighted by molar-refractivity contribution is 7.09. The average Bonchev–Trinajstić information content (AvgIpc) is 2.75. The normalized spacial score (nSPS) is 11.4. The molecule has 16 heavy (non-hydrogen) atoms. The molecular weight excluding hydrogens is 218 g/mol. The van der Waals surface area contributed by atoms with Gasteiger partial charge in [0.2, 0.25) is 0 Å². The van der Waals surface area contributed by atoms with Crippen molar-refractivity contribution in [3.8, 4) is 0 Å². The highest BCUT2D eigenvalue weighted by atomic mass is 32.1. The van der Waals surface area contributed by atoms with Gasteiger partial charge < -0.3 is 5.32 Å². The third-order valence-electron chi connectivity index (χ3n) is 2.32. The lowest BCUT2D eigenvalue weighted by molar-refractivity contribution is 0.601. The van der Waals surface area contributed by atoms with Gasteiger partial charge in [0.1, 0.15) is 10.8 Å². The highest BCUT2D eigenvalue weighted by Crippen LogP contribution is 2.26. The number of hydrogen-bond donors (Lipinski definition) is 1. The number of hydrogen-bond acceptors (Lipinski definition) is 4. The molecule has 0 aliphatic rings. The van der Waals surface area contributed by atoms with Crippen LogP contribution in [0.5, 0.6) is 0 Å². The first-order chi connectivity index (χ1) is 7.58. The largest absolute Gasteiger partial charge is 0.359 e. The standard InChI is InChI=1S/C12H15N3S/c1-9-4-5-10(14-8-9)15-12(2,3)11-13-6-7-16-11/h4-8H,1-3H3,(H,14,15). The molecule has 3 nitrogen and oxygen atoms in total. The van der Waals surface area contributed by atoms with E-state index in [0.29, 0.717) is 0 Å². The number of aromatic nitrogens is 2. The Bertz CT molecular complexity index is 446. The second-order valence-corrected chi connectivity index (χ2v) is 5.20. The molecule has 0 aliphatic carbocycles. The number of thiazole rings is 1. The summed E-state index contributed by atoms with van der Waals surface area (Å²) in [6, 6.07) is 4.04. The minimum Gasteiger partial charge on any atom is -0.359 e. The smallest absolute Gasteiger partial charge is 0.126 e. The van der Waals surface area contributed by atoms with E-state index in [1.807, 2.05) is 36.8 Å². The van der Waals surface area contributed by atoms with Crippen LogP contribution < -0.4 is 5.32 Å². The molecule has 84 valence electrons. The van der Waals surface area contributed by atoms with Crippen LogP contribution in [0.2, 0.25) is 0 Å². The lowest BCUT2D eigenvalue weighted by Crippen LogP contribution is -2.28. The molecular formula is C12H15N3S. The Morgan fingerprint density at radius 1 is 1.25 bits per heavy atom. The molecule has 0 unspecified atom stereocenters. The molecule has 0 atom stereocenters. The van der Waals surface area contributed by atoms with E-state index < -0.39 is 0 Å². The van der Waals surface area contributed by atoms with Crippen molar-refractivity contribution >= 4 is 17.2 Å². The minimum absolute atomic E-state index is 0.184. The SMILES string of the molecule is Cc1ccc(NC(C)(C)c2nccs2)nc1. The van der Waals surface area contributed by atoms with Crippen molar-refractivity contribution in [3.05, 3.63) is 40.5 Å². The van der Waals surface area contributed by atoms with E-state index in [-0.39, 0.29) is 5.54 Å². The molecule has 0 amide bonds. The summed E-state index contributed by atoms with van der Waals surface area (Å²) in [6.45, 7) is 6.24. The van der Waals surface area contributed by atoms with Crippen molar-refractivity contribution < 1.29 is 0 Å². The summed E-state index contributed by atoms with van der Waals surface area (Å²) in [5.41, 5.74) is 0.980. The summed E-state index contributed by atoms with van der Waals surface area (Å²) in [5.74, 6) is 0.880. The van der Waals surface area contributed by atoms with E-state index >= 15 is 0 Å². The molecule has 0 aliphatic heterocycles. The Labute approximate surface area is 99.6 Å². The van der Waals surface area contributed by atoms with Gasteiger partial charge in [-0.2, -0.15) is 0 Å². The number of nitrogens with zero attached hydrogens (tertiary/aromatic N) is 2. The monoisotopic (exact) mass is 233 g/mol. The number of rotatable bonds is 3. The van der Waals surface area contributed by atoms with Crippen LogP contribution in [0.25, 0.3) is 0 Å². The summed E-state index contributed by atoms with van der Waals surface area (Å²) in [6.07, 6.45) is 3.69.